The van der Waals surface area contributed by atoms with E-state index in [1.807, 2.05) is 0 Å². The third-order valence-electron chi connectivity index (χ3n) is 4.93. The van der Waals surface area contributed by atoms with Crippen LogP contribution in [-0.4, -0.2) is 24.6 Å². The van der Waals surface area contributed by atoms with Crippen LogP contribution in [0.4, 0.5) is 10.5 Å². The molecule has 4 aromatic rings. The predicted octanol–water partition coefficient (Wildman–Crippen LogP) is 4.10. The van der Waals surface area contributed by atoms with Crippen molar-refractivity contribution in [3.05, 3.63) is 96.3 Å². The van der Waals surface area contributed by atoms with Crippen molar-refractivity contribution in [3.63, 3.8) is 0 Å². The number of carbonyl (C=O) groups excluding carboxylic acids is 1. The molecule has 0 aliphatic rings. The molecule has 33 heavy (non-hydrogen) atoms. The van der Waals surface area contributed by atoms with Gasteiger partial charge in [0.05, 0.1) is 27.6 Å². The fourth-order valence-corrected chi connectivity index (χ4v) is 4.72. The summed E-state index contributed by atoms with van der Waals surface area (Å²) in [5.74, 6) is 0. The number of rotatable bonds is 6. The Labute approximate surface area is 190 Å². The van der Waals surface area contributed by atoms with Crippen molar-refractivity contribution in [1.29, 1.82) is 5.26 Å². The van der Waals surface area contributed by atoms with Gasteiger partial charge in [-0.2, -0.15) is 10.4 Å². The number of hydrogen-bond acceptors (Lipinski definition) is 5. The number of H-pyrrole nitrogens is 1. The van der Waals surface area contributed by atoms with Crippen molar-refractivity contribution in [3.8, 4) is 17.2 Å². The van der Waals surface area contributed by atoms with Crippen molar-refractivity contribution in [1.82, 2.24) is 15.5 Å². The van der Waals surface area contributed by atoms with Crippen molar-refractivity contribution < 1.29 is 13.2 Å². The summed E-state index contributed by atoms with van der Waals surface area (Å²) < 4.78 is 26.7. The van der Waals surface area contributed by atoms with Gasteiger partial charge in [0.1, 0.15) is 0 Å². The zero-order valence-corrected chi connectivity index (χ0v) is 18.1. The van der Waals surface area contributed by atoms with Gasteiger partial charge >= 0.3 is 6.03 Å². The van der Waals surface area contributed by atoms with Crippen LogP contribution in [0.1, 0.15) is 11.1 Å². The number of sulfone groups is 1. The molecule has 0 bridgehead atoms. The first-order valence-electron chi connectivity index (χ1n) is 9.94. The second-order valence-corrected chi connectivity index (χ2v) is 9.05. The number of benzene rings is 3. The third kappa shape index (κ3) is 4.92. The second kappa shape index (κ2) is 9.38. The SMILES string of the molecule is N#Cc1ccc(-c2ccccc2S(=O)(=O)c2ccc(NC(=O)NCc3cn[nH]c3)cc2)cc1. The van der Waals surface area contributed by atoms with Crippen molar-refractivity contribution in [2.45, 2.75) is 16.3 Å². The molecule has 0 fully saturated rings. The number of carbonyl (C=O) groups is 1. The number of anilines is 1. The molecule has 164 valence electrons. The van der Waals surface area contributed by atoms with Gasteiger partial charge in [-0.3, -0.25) is 5.10 Å². The third-order valence-corrected chi connectivity index (χ3v) is 6.76. The number of nitrogens with one attached hydrogen (secondary N) is 3. The van der Waals surface area contributed by atoms with Crippen LogP contribution in [0.2, 0.25) is 0 Å². The van der Waals surface area contributed by atoms with Crippen LogP contribution in [0.5, 0.6) is 0 Å². The molecule has 1 heterocycles. The van der Waals surface area contributed by atoms with E-state index in [-0.39, 0.29) is 9.79 Å². The average molecular weight is 458 g/mol. The molecule has 0 spiro atoms. The Morgan fingerprint density at radius 3 is 2.39 bits per heavy atom. The highest BCUT2D eigenvalue weighted by Crippen LogP contribution is 2.32. The summed E-state index contributed by atoms with van der Waals surface area (Å²) in [5.41, 5.74) is 3.02. The fraction of sp³-hybridized carbons (Fsp3) is 0.0417. The maximum absolute atomic E-state index is 13.4. The summed E-state index contributed by atoms with van der Waals surface area (Å²) in [7, 11) is -3.82. The maximum atomic E-state index is 13.4. The predicted molar refractivity (Wildman–Crippen MR) is 123 cm³/mol. The molecule has 3 aromatic carbocycles. The molecule has 0 radical (unpaired) electrons. The Kier molecular flexibility index (Phi) is 6.20. The van der Waals surface area contributed by atoms with E-state index in [0.29, 0.717) is 28.9 Å². The smallest absolute Gasteiger partial charge is 0.319 e. The van der Waals surface area contributed by atoms with E-state index in [1.54, 1.807) is 60.9 Å². The molecule has 0 unspecified atom stereocenters. The van der Waals surface area contributed by atoms with E-state index in [1.165, 1.54) is 24.3 Å². The molecule has 4 rings (SSSR count). The minimum atomic E-state index is -3.82. The van der Waals surface area contributed by atoms with Gasteiger partial charge in [-0.1, -0.05) is 30.3 Å². The molecule has 1 aromatic heterocycles. The first-order chi connectivity index (χ1) is 16.0. The summed E-state index contributed by atoms with van der Waals surface area (Å²) in [6, 6.07) is 21.1. The lowest BCUT2D eigenvalue weighted by molar-refractivity contribution is 0.251. The first kappa shape index (κ1) is 21.8. The largest absolute Gasteiger partial charge is 0.334 e. The Morgan fingerprint density at radius 1 is 1.00 bits per heavy atom. The van der Waals surface area contributed by atoms with Gasteiger partial charge in [0.2, 0.25) is 9.84 Å². The molecule has 2 amide bonds. The number of aromatic nitrogens is 2. The standard InChI is InChI=1S/C24H19N5O3S/c25-13-17-5-7-19(8-6-17)22-3-1-2-4-23(22)33(31,32)21-11-9-20(10-12-21)29-24(30)26-14-18-15-27-28-16-18/h1-12,15-16H,14H2,(H,27,28)(H2,26,29,30). The number of urea groups is 1. The highest BCUT2D eigenvalue weighted by molar-refractivity contribution is 7.91. The van der Waals surface area contributed by atoms with Crippen LogP contribution in [0.15, 0.2) is 95.0 Å². The molecular weight excluding hydrogens is 438 g/mol. The van der Waals surface area contributed by atoms with E-state index in [9.17, 15) is 13.2 Å². The van der Waals surface area contributed by atoms with Gasteiger partial charge in [-0.25, -0.2) is 13.2 Å². The first-order valence-corrected chi connectivity index (χ1v) is 11.4. The zero-order chi connectivity index (χ0) is 23.3. The van der Waals surface area contributed by atoms with Gasteiger partial charge in [0.25, 0.3) is 0 Å². The topological polar surface area (TPSA) is 128 Å². The van der Waals surface area contributed by atoms with Gasteiger partial charge in [0.15, 0.2) is 0 Å². The van der Waals surface area contributed by atoms with Gasteiger partial charge < -0.3 is 10.6 Å². The number of nitriles is 1. The van der Waals surface area contributed by atoms with Crippen LogP contribution >= 0.6 is 0 Å². The van der Waals surface area contributed by atoms with E-state index < -0.39 is 15.9 Å². The minimum Gasteiger partial charge on any atom is -0.334 e. The molecule has 0 atom stereocenters. The fourth-order valence-electron chi connectivity index (χ4n) is 3.24. The Morgan fingerprint density at radius 2 is 1.73 bits per heavy atom. The number of amides is 2. The zero-order valence-electron chi connectivity index (χ0n) is 17.3. The lowest BCUT2D eigenvalue weighted by atomic mass is 10.0. The quantitative estimate of drug-likeness (QED) is 0.402. The molecular formula is C24H19N5O3S. The molecule has 9 heteroatoms. The molecule has 3 N–H and O–H groups in total. The van der Waals surface area contributed by atoms with Crippen LogP contribution in [0, 0.1) is 11.3 Å². The lowest BCUT2D eigenvalue weighted by Gasteiger charge is -2.12. The van der Waals surface area contributed by atoms with E-state index in [0.717, 1.165) is 5.56 Å². The maximum Gasteiger partial charge on any atom is 0.319 e. The van der Waals surface area contributed by atoms with Crippen molar-refractivity contribution in [2.24, 2.45) is 0 Å². The van der Waals surface area contributed by atoms with Gasteiger partial charge in [0, 0.05) is 29.6 Å². The van der Waals surface area contributed by atoms with Crippen LogP contribution in [0.25, 0.3) is 11.1 Å². The summed E-state index contributed by atoms with van der Waals surface area (Å²) in [6.45, 7) is 0.306. The summed E-state index contributed by atoms with van der Waals surface area (Å²) in [6.07, 6.45) is 3.28. The summed E-state index contributed by atoms with van der Waals surface area (Å²) in [4.78, 5) is 12.3. The molecule has 8 nitrogen and oxygen atoms in total. The number of nitrogens with zero attached hydrogens (tertiary/aromatic N) is 2. The molecule has 0 aliphatic heterocycles. The summed E-state index contributed by atoms with van der Waals surface area (Å²) in [5, 5.41) is 20.8. The second-order valence-electron chi connectivity index (χ2n) is 7.13. The number of hydrogen-bond donors (Lipinski definition) is 3. The van der Waals surface area contributed by atoms with E-state index in [4.69, 9.17) is 5.26 Å². The normalized spacial score (nSPS) is 10.9. The molecule has 0 saturated heterocycles. The number of aromatic amines is 1. The van der Waals surface area contributed by atoms with Crippen molar-refractivity contribution in [2.75, 3.05) is 5.32 Å². The van der Waals surface area contributed by atoms with Crippen molar-refractivity contribution >= 4 is 21.6 Å². The van der Waals surface area contributed by atoms with Crippen LogP contribution < -0.4 is 10.6 Å². The Bertz CT molecular complexity index is 1410. The Hall–Kier alpha value is -4.42. The highest BCUT2D eigenvalue weighted by Gasteiger charge is 2.22. The van der Waals surface area contributed by atoms with Crippen LogP contribution in [-0.2, 0) is 16.4 Å². The van der Waals surface area contributed by atoms with Crippen LogP contribution in [0.3, 0.4) is 0 Å². The van der Waals surface area contributed by atoms with E-state index >= 15 is 0 Å². The lowest BCUT2D eigenvalue weighted by Crippen LogP contribution is -2.28. The summed E-state index contributed by atoms with van der Waals surface area (Å²) >= 11 is 0. The minimum absolute atomic E-state index is 0.105. The monoisotopic (exact) mass is 457 g/mol. The van der Waals surface area contributed by atoms with Gasteiger partial charge in [-0.15, -0.1) is 0 Å². The molecule has 0 saturated carbocycles. The van der Waals surface area contributed by atoms with Gasteiger partial charge in [-0.05, 0) is 48.0 Å². The highest BCUT2D eigenvalue weighted by atomic mass is 32.2. The molecule has 0 aliphatic carbocycles. The van der Waals surface area contributed by atoms with E-state index in [2.05, 4.69) is 26.9 Å². The Balaban J connectivity index is 1.53. The average Bonchev–Trinajstić information content (AvgIpc) is 3.37.